The van der Waals surface area contributed by atoms with Gasteiger partial charge in [-0.25, -0.2) is 0 Å². The molecule has 0 radical (unpaired) electrons. The van der Waals surface area contributed by atoms with Gasteiger partial charge in [-0.2, -0.15) is 0 Å². The van der Waals surface area contributed by atoms with Crippen molar-refractivity contribution >= 4 is 5.78 Å². The normalized spacial score (nSPS) is 20.5. The van der Waals surface area contributed by atoms with Gasteiger partial charge in [-0.3, -0.25) is 4.79 Å². The number of rotatable bonds is 3. The molecule has 0 spiro atoms. The van der Waals surface area contributed by atoms with E-state index in [-0.39, 0.29) is 11.9 Å². The smallest absolute Gasteiger partial charge is 0.147 e. The van der Waals surface area contributed by atoms with Gasteiger partial charge in [0.15, 0.2) is 0 Å². The second-order valence-corrected chi connectivity index (χ2v) is 3.76. The third-order valence-corrected chi connectivity index (χ3v) is 2.43. The van der Waals surface area contributed by atoms with E-state index in [9.17, 15) is 4.79 Å². The Kier molecular flexibility index (Phi) is 3.14. The van der Waals surface area contributed by atoms with Crippen LogP contribution >= 0.6 is 0 Å². The summed E-state index contributed by atoms with van der Waals surface area (Å²) in [5.41, 5.74) is 2.16. The number of Topliss-reactive ketones (excluding diaryl/α,β-unsaturated/α-hetero) is 1. The van der Waals surface area contributed by atoms with Gasteiger partial charge in [0.1, 0.15) is 18.7 Å². The zero-order valence-electron chi connectivity index (χ0n) is 8.73. The quantitative estimate of drug-likeness (QED) is 0.757. The third-order valence-electron chi connectivity index (χ3n) is 2.43. The maximum Gasteiger partial charge on any atom is 0.147 e. The van der Waals surface area contributed by atoms with Gasteiger partial charge in [-0.05, 0) is 18.1 Å². The molecule has 80 valence electrons. The van der Waals surface area contributed by atoms with Crippen LogP contribution in [0.4, 0.5) is 0 Å². The summed E-state index contributed by atoms with van der Waals surface area (Å²) in [4.78, 5) is 10.9. The minimum atomic E-state index is 0.0522. The van der Waals surface area contributed by atoms with E-state index < -0.39 is 0 Å². The Hall–Kier alpha value is -1.19. The Balaban J connectivity index is 2.06. The predicted octanol–water partition coefficient (Wildman–Crippen LogP) is 1.86. The van der Waals surface area contributed by atoms with Gasteiger partial charge in [0.2, 0.25) is 0 Å². The van der Waals surface area contributed by atoms with Crippen molar-refractivity contribution < 1.29 is 14.3 Å². The Bertz CT molecular complexity index is 336. The summed E-state index contributed by atoms with van der Waals surface area (Å²) in [5.74, 6) is 0.184. The second-order valence-electron chi connectivity index (χ2n) is 3.76. The van der Waals surface area contributed by atoms with Crippen LogP contribution in [-0.2, 0) is 20.7 Å². The van der Waals surface area contributed by atoms with Gasteiger partial charge >= 0.3 is 0 Å². The zero-order chi connectivity index (χ0) is 10.7. The number of carbonyl (C=O) groups excluding carboxylic acids is 1. The molecule has 1 aromatic carbocycles. The first-order chi connectivity index (χ1) is 7.25. The average molecular weight is 206 g/mol. The van der Waals surface area contributed by atoms with Crippen LogP contribution in [0.1, 0.15) is 24.2 Å². The maximum absolute atomic E-state index is 10.9. The van der Waals surface area contributed by atoms with Gasteiger partial charge in [0, 0.05) is 6.42 Å². The average Bonchev–Trinajstić information content (AvgIpc) is 2.71. The molecule has 2 rings (SSSR count). The molecular formula is C12H14O3. The highest BCUT2D eigenvalue weighted by atomic mass is 16.7. The number of ketones is 1. The molecule has 1 aromatic rings. The fourth-order valence-electron chi connectivity index (χ4n) is 1.66. The lowest BCUT2D eigenvalue weighted by atomic mass is 10.0. The number of benzene rings is 1. The molecule has 1 heterocycles. The summed E-state index contributed by atoms with van der Waals surface area (Å²) in [6.07, 6.45) is 0.554. The van der Waals surface area contributed by atoms with Crippen molar-refractivity contribution in [2.45, 2.75) is 19.4 Å². The van der Waals surface area contributed by atoms with Crippen LogP contribution in [0.15, 0.2) is 24.3 Å². The van der Waals surface area contributed by atoms with E-state index in [0.29, 0.717) is 19.8 Å². The SMILES string of the molecule is CC(=O)Cc1ccc(C2COCO2)cc1. The van der Waals surface area contributed by atoms with Crippen molar-refractivity contribution in [2.24, 2.45) is 0 Å². The first-order valence-electron chi connectivity index (χ1n) is 5.03. The van der Waals surface area contributed by atoms with Gasteiger partial charge in [0.25, 0.3) is 0 Å². The molecule has 1 aliphatic heterocycles. The highest BCUT2D eigenvalue weighted by Gasteiger charge is 2.17. The first-order valence-corrected chi connectivity index (χ1v) is 5.03. The number of hydrogen-bond donors (Lipinski definition) is 0. The van der Waals surface area contributed by atoms with Crippen LogP contribution in [-0.4, -0.2) is 19.2 Å². The summed E-state index contributed by atoms with van der Waals surface area (Å²) in [7, 11) is 0. The van der Waals surface area contributed by atoms with Crippen LogP contribution in [0.25, 0.3) is 0 Å². The van der Waals surface area contributed by atoms with E-state index >= 15 is 0 Å². The van der Waals surface area contributed by atoms with Crippen LogP contribution in [0.5, 0.6) is 0 Å². The molecule has 1 atom stereocenters. The summed E-state index contributed by atoms with van der Waals surface area (Å²) >= 11 is 0. The van der Waals surface area contributed by atoms with E-state index in [1.54, 1.807) is 6.92 Å². The third kappa shape index (κ3) is 2.64. The predicted molar refractivity (Wildman–Crippen MR) is 55.5 cm³/mol. The fraction of sp³-hybridized carbons (Fsp3) is 0.417. The Morgan fingerprint density at radius 2 is 2.13 bits per heavy atom. The van der Waals surface area contributed by atoms with Gasteiger partial charge in [-0.1, -0.05) is 24.3 Å². The summed E-state index contributed by atoms with van der Waals surface area (Å²) in [6.45, 7) is 2.59. The van der Waals surface area contributed by atoms with Crippen LogP contribution < -0.4 is 0 Å². The molecule has 15 heavy (non-hydrogen) atoms. The lowest BCUT2D eigenvalue weighted by Gasteiger charge is -2.08. The molecule has 0 bridgehead atoms. The van der Waals surface area contributed by atoms with Crippen LogP contribution in [0.2, 0.25) is 0 Å². The summed E-state index contributed by atoms with van der Waals surface area (Å²) < 4.78 is 10.5. The van der Waals surface area contributed by atoms with E-state index in [0.717, 1.165) is 11.1 Å². The fourth-order valence-corrected chi connectivity index (χ4v) is 1.66. The van der Waals surface area contributed by atoms with Gasteiger partial charge in [-0.15, -0.1) is 0 Å². The molecular weight excluding hydrogens is 192 g/mol. The molecule has 1 aliphatic rings. The maximum atomic E-state index is 10.9. The molecule has 0 aliphatic carbocycles. The van der Waals surface area contributed by atoms with Crippen molar-refractivity contribution in [2.75, 3.05) is 13.4 Å². The first kappa shape index (κ1) is 10.3. The number of ether oxygens (including phenoxy) is 2. The molecule has 1 unspecified atom stereocenters. The molecule has 0 saturated carbocycles. The molecule has 1 saturated heterocycles. The van der Waals surface area contributed by atoms with Crippen molar-refractivity contribution in [3.05, 3.63) is 35.4 Å². The highest BCUT2D eigenvalue weighted by molar-refractivity contribution is 5.78. The van der Waals surface area contributed by atoms with Crippen molar-refractivity contribution in [3.63, 3.8) is 0 Å². The molecule has 0 N–H and O–H groups in total. The molecule has 0 amide bonds. The number of hydrogen-bond acceptors (Lipinski definition) is 3. The van der Waals surface area contributed by atoms with Crippen LogP contribution in [0, 0.1) is 0 Å². The van der Waals surface area contributed by atoms with Crippen molar-refractivity contribution in [3.8, 4) is 0 Å². The monoisotopic (exact) mass is 206 g/mol. The highest BCUT2D eigenvalue weighted by Crippen LogP contribution is 2.22. The Morgan fingerprint density at radius 1 is 1.40 bits per heavy atom. The van der Waals surface area contributed by atoms with Crippen LogP contribution in [0.3, 0.4) is 0 Å². The standard InChI is InChI=1S/C12H14O3/c1-9(13)6-10-2-4-11(5-3-10)12-7-14-8-15-12/h2-5,12H,6-8H2,1H3. The van der Waals surface area contributed by atoms with E-state index in [2.05, 4.69) is 0 Å². The minimum absolute atomic E-state index is 0.0522. The molecule has 0 aromatic heterocycles. The van der Waals surface area contributed by atoms with Gasteiger partial charge < -0.3 is 9.47 Å². The summed E-state index contributed by atoms with van der Waals surface area (Å²) in [5, 5.41) is 0. The topological polar surface area (TPSA) is 35.5 Å². The molecule has 1 fully saturated rings. The zero-order valence-corrected chi connectivity index (χ0v) is 8.73. The largest absolute Gasteiger partial charge is 0.352 e. The second kappa shape index (κ2) is 4.55. The minimum Gasteiger partial charge on any atom is -0.352 e. The van der Waals surface area contributed by atoms with E-state index in [1.807, 2.05) is 24.3 Å². The Labute approximate surface area is 89.0 Å². The lowest BCUT2D eigenvalue weighted by molar-refractivity contribution is -0.116. The lowest BCUT2D eigenvalue weighted by Crippen LogP contribution is -2.01. The summed E-state index contributed by atoms with van der Waals surface area (Å²) in [6, 6.07) is 7.94. The van der Waals surface area contributed by atoms with Crippen molar-refractivity contribution in [1.29, 1.82) is 0 Å². The molecule has 3 heteroatoms. The molecule has 3 nitrogen and oxygen atoms in total. The van der Waals surface area contributed by atoms with E-state index in [4.69, 9.17) is 9.47 Å². The Morgan fingerprint density at radius 3 is 2.67 bits per heavy atom. The van der Waals surface area contributed by atoms with Gasteiger partial charge in [0.05, 0.1) is 6.61 Å². The number of carbonyl (C=O) groups is 1. The van der Waals surface area contributed by atoms with Crippen molar-refractivity contribution in [1.82, 2.24) is 0 Å². The van der Waals surface area contributed by atoms with E-state index in [1.165, 1.54) is 0 Å².